The molecule has 7 nitrogen and oxygen atoms in total. The molecule has 24 heavy (non-hydrogen) atoms. The summed E-state index contributed by atoms with van der Waals surface area (Å²) in [5, 5.41) is 0. The number of aromatic nitrogens is 2. The molecular weight excluding hydrogens is 304 g/mol. The van der Waals surface area contributed by atoms with Crippen LogP contribution in [0.5, 0.6) is 0 Å². The standard InChI is InChI=1S/C17H22N6O/c18-10-14(11-20-3-4-23-5-7-24-8-6-23)13-9-16-15(21-12-13)1-2-17(19)22-16/h1-2,9-12H,3-8,18H2,(H2,19,22). The van der Waals surface area contributed by atoms with Crippen LogP contribution < -0.4 is 11.5 Å². The molecule has 126 valence electrons. The Morgan fingerprint density at radius 1 is 1.29 bits per heavy atom. The third-order valence-corrected chi connectivity index (χ3v) is 3.95. The molecule has 0 unspecified atom stereocenters. The Morgan fingerprint density at radius 3 is 2.92 bits per heavy atom. The smallest absolute Gasteiger partial charge is 0.124 e. The van der Waals surface area contributed by atoms with Crippen LogP contribution in [0.4, 0.5) is 5.82 Å². The van der Waals surface area contributed by atoms with Crippen molar-refractivity contribution in [2.75, 3.05) is 45.1 Å². The molecule has 2 aromatic heterocycles. The van der Waals surface area contributed by atoms with E-state index in [9.17, 15) is 0 Å². The summed E-state index contributed by atoms with van der Waals surface area (Å²) >= 11 is 0. The SMILES string of the molecule is NC=C(C=NCCN1CCOCC1)c1cnc2ccc(N)nc2c1. The first kappa shape index (κ1) is 16.4. The maximum absolute atomic E-state index is 5.75. The van der Waals surface area contributed by atoms with Gasteiger partial charge in [0.25, 0.3) is 0 Å². The summed E-state index contributed by atoms with van der Waals surface area (Å²) in [5.74, 6) is 0.471. The molecule has 2 aromatic rings. The van der Waals surface area contributed by atoms with Crippen molar-refractivity contribution in [1.29, 1.82) is 0 Å². The van der Waals surface area contributed by atoms with E-state index < -0.39 is 0 Å². The molecule has 0 atom stereocenters. The lowest BCUT2D eigenvalue weighted by atomic mass is 10.1. The van der Waals surface area contributed by atoms with E-state index in [-0.39, 0.29) is 0 Å². The summed E-state index contributed by atoms with van der Waals surface area (Å²) in [7, 11) is 0. The van der Waals surface area contributed by atoms with Crippen molar-refractivity contribution in [2.24, 2.45) is 10.7 Å². The number of fused-ring (bicyclic) bond motifs is 1. The fraction of sp³-hybridized carbons (Fsp3) is 0.353. The van der Waals surface area contributed by atoms with Gasteiger partial charge in [-0.3, -0.25) is 14.9 Å². The van der Waals surface area contributed by atoms with Gasteiger partial charge in [-0.1, -0.05) is 0 Å². The number of nitrogens with zero attached hydrogens (tertiary/aromatic N) is 4. The number of rotatable bonds is 5. The Bertz CT molecular complexity index is 752. The molecule has 1 aliphatic heterocycles. The summed E-state index contributed by atoms with van der Waals surface area (Å²) in [4.78, 5) is 15.5. The Morgan fingerprint density at radius 2 is 2.12 bits per heavy atom. The topological polar surface area (TPSA) is 103 Å². The van der Waals surface area contributed by atoms with Gasteiger partial charge in [0.05, 0.1) is 30.8 Å². The fourth-order valence-electron chi connectivity index (χ4n) is 2.58. The van der Waals surface area contributed by atoms with Crippen LogP contribution in [0.25, 0.3) is 16.6 Å². The predicted molar refractivity (Wildman–Crippen MR) is 96.7 cm³/mol. The lowest BCUT2D eigenvalue weighted by Gasteiger charge is -2.25. The van der Waals surface area contributed by atoms with Gasteiger partial charge in [-0.25, -0.2) is 4.98 Å². The molecule has 0 amide bonds. The average Bonchev–Trinajstić information content (AvgIpc) is 2.62. The van der Waals surface area contributed by atoms with Crippen LogP contribution in [-0.2, 0) is 4.74 Å². The van der Waals surface area contributed by atoms with E-state index in [0.717, 1.165) is 61.6 Å². The molecule has 0 saturated carbocycles. The Labute approximate surface area is 141 Å². The van der Waals surface area contributed by atoms with Crippen LogP contribution >= 0.6 is 0 Å². The first-order chi connectivity index (χ1) is 11.8. The van der Waals surface area contributed by atoms with Gasteiger partial charge >= 0.3 is 0 Å². The minimum Gasteiger partial charge on any atom is -0.404 e. The maximum atomic E-state index is 5.75. The van der Waals surface area contributed by atoms with Crippen molar-refractivity contribution in [1.82, 2.24) is 14.9 Å². The van der Waals surface area contributed by atoms with Crippen molar-refractivity contribution in [2.45, 2.75) is 0 Å². The Kier molecular flexibility index (Phi) is 5.35. The number of nitrogen functional groups attached to an aromatic ring is 1. The zero-order valence-corrected chi connectivity index (χ0v) is 13.6. The van der Waals surface area contributed by atoms with E-state index in [0.29, 0.717) is 5.82 Å². The van der Waals surface area contributed by atoms with E-state index in [4.69, 9.17) is 16.2 Å². The number of hydrogen-bond donors (Lipinski definition) is 2. The minimum absolute atomic E-state index is 0.471. The lowest BCUT2D eigenvalue weighted by molar-refractivity contribution is 0.0395. The van der Waals surface area contributed by atoms with Gasteiger partial charge in [0.2, 0.25) is 0 Å². The van der Waals surface area contributed by atoms with E-state index in [1.807, 2.05) is 12.1 Å². The summed E-state index contributed by atoms with van der Waals surface area (Å²) in [6.07, 6.45) is 5.09. The summed E-state index contributed by atoms with van der Waals surface area (Å²) < 4.78 is 5.34. The molecule has 0 bridgehead atoms. The van der Waals surface area contributed by atoms with E-state index in [2.05, 4.69) is 19.9 Å². The van der Waals surface area contributed by atoms with E-state index >= 15 is 0 Å². The van der Waals surface area contributed by atoms with Gasteiger partial charge < -0.3 is 16.2 Å². The zero-order chi connectivity index (χ0) is 16.8. The molecule has 3 heterocycles. The number of anilines is 1. The normalized spacial score (nSPS) is 16.9. The minimum atomic E-state index is 0.471. The van der Waals surface area contributed by atoms with Gasteiger partial charge in [0, 0.05) is 49.4 Å². The van der Waals surface area contributed by atoms with Crippen molar-refractivity contribution in [3.63, 3.8) is 0 Å². The number of ether oxygens (including phenoxy) is 1. The number of hydrogen-bond acceptors (Lipinski definition) is 7. The molecule has 1 fully saturated rings. The van der Waals surface area contributed by atoms with Gasteiger partial charge in [-0.05, 0) is 18.2 Å². The molecule has 4 N–H and O–H groups in total. The predicted octanol–water partition coefficient (Wildman–Crippen LogP) is 0.915. The Hall–Kier alpha value is -2.51. The molecule has 0 radical (unpaired) electrons. The van der Waals surface area contributed by atoms with Crippen molar-refractivity contribution < 1.29 is 4.74 Å². The molecular formula is C17H22N6O. The first-order valence-electron chi connectivity index (χ1n) is 8.01. The lowest BCUT2D eigenvalue weighted by Crippen LogP contribution is -2.37. The van der Waals surface area contributed by atoms with Crippen molar-refractivity contribution >= 4 is 28.6 Å². The Balaban J connectivity index is 1.66. The van der Waals surface area contributed by atoms with Crippen LogP contribution in [0.3, 0.4) is 0 Å². The molecule has 1 saturated heterocycles. The molecule has 3 rings (SSSR count). The summed E-state index contributed by atoms with van der Waals surface area (Å²) in [6, 6.07) is 5.51. The zero-order valence-electron chi connectivity index (χ0n) is 13.6. The second-order valence-corrected chi connectivity index (χ2v) is 5.61. The molecule has 7 heteroatoms. The van der Waals surface area contributed by atoms with Crippen molar-refractivity contribution in [3.8, 4) is 0 Å². The van der Waals surface area contributed by atoms with E-state index in [1.165, 1.54) is 6.20 Å². The van der Waals surface area contributed by atoms with Crippen LogP contribution in [0.2, 0.25) is 0 Å². The summed E-state index contributed by atoms with van der Waals surface area (Å²) in [5.41, 5.74) is 14.7. The molecule has 0 spiro atoms. The van der Waals surface area contributed by atoms with Gasteiger partial charge in [-0.15, -0.1) is 0 Å². The largest absolute Gasteiger partial charge is 0.404 e. The quantitative estimate of drug-likeness (QED) is 0.792. The number of nitrogens with two attached hydrogens (primary N) is 2. The second-order valence-electron chi connectivity index (χ2n) is 5.61. The highest BCUT2D eigenvalue weighted by atomic mass is 16.5. The number of allylic oxidation sites excluding steroid dienone is 1. The van der Waals surface area contributed by atoms with Crippen LogP contribution in [-0.4, -0.2) is 60.5 Å². The van der Waals surface area contributed by atoms with Crippen LogP contribution in [0.15, 0.2) is 35.6 Å². The molecule has 0 aliphatic carbocycles. The van der Waals surface area contributed by atoms with Crippen LogP contribution in [0.1, 0.15) is 5.56 Å². The molecule has 0 aromatic carbocycles. The highest BCUT2D eigenvalue weighted by Crippen LogP contribution is 2.17. The molecule has 1 aliphatic rings. The maximum Gasteiger partial charge on any atom is 0.124 e. The average molecular weight is 326 g/mol. The monoisotopic (exact) mass is 326 g/mol. The third-order valence-electron chi connectivity index (χ3n) is 3.95. The van der Waals surface area contributed by atoms with Gasteiger partial charge in [-0.2, -0.15) is 0 Å². The number of pyridine rings is 2. The first-order valence-corrected chi connectivity index (χ1v) is 8.01. The van der Waals surface area contributed by atoms with Gasteiger partial charge in [0.15, 0.2) is 0 Å². The fourth-order valence-corrected chi connectivity index (χ4v) is 2.58. The second kappa shape index (κ2) is 7.85. The third kappa shape index (κ3) is 4.06. The number of morpholine rings is 1. The van der Waals surface area contributed by atoms with E-state index in [1.54, 1.807) is 18.5 Å². The van der Waals surface area contributed by atoms with Crippen molar-refractivity contribution in [3.05, 3.63) is 36.2 Å². The summed E-state index contributed by atoms with van der Waals surface area (Å²) in [6.45, 7) is 5.19. The van der Waals surface area contributed by atoms with Gasteiger partial charge in [0.1, 0.15) is 5.82 Å². The highest BCUT2D eigenvalue weighted by molar-refractivity contribution is 6.10. The highest BCUT2D eigenvalue weighted by Gasteiger charge is 2.09. The van der Waals surface area contributed by atoms with Crippen LogP contribution in [0, 0.1) is 0 Å². The number of aliphatic imine (C=N–C) groups is 1.